The lowest BCUT2D eigenvalue weighted by Gasteiger charge is -2.29. The molecule has 0 heterocycles. The van der Waals surface area contributed by atoms with E-state index in [0.717, 1.165) is 44.2 Å². The fourth-order valence-corrected chi connectivity index (χ4v) is 2.86. The standard InChI is InChI=1S/C17H25FN2O/c1-3-10-19-13-5-7-14(8-6-13)20-17(21)15-9-4-12(2)11-16(15)18/h4,9,11,13-14,19H,3,5-8,10H2,1-2H3,(H,20,21). The minimum Gasteiger partial charge on any atom is -0.349 e. The molecule has 4 heteroatoms. The highest BCUT2D eigenvalue weighted by Gasteiger charge is 2.23. The van der Waals surface area contributed by atoms with E-state index in [2.05, 4.69) is 17.6 Å². The Balaban J connectivity index is 1.84. The van der Waals surface area contributed by atoms with Crippen molar-refractivity contribution in [2.24, 2.45) is 0 Å². The number of benzene rings is 1. The number of rotatable bonds is 5. The van der Waals surface area contributed by atoms with Crippen LogP contribution in [0.5, 0.6) is 0 Å². The minimum absolute atomic E-state index is 0.145. The summed E-state index contributed by atoms with van der Waals surface area (Å²) in [5.74, 6) is -0.733. The van der Waals surface area contributed by atoms with Crippen LogP contribution in [0.2, 0.25) is 0 Å². The summed E-state index contributed by atoms with van der Waals surface area (Å²) in [6.45, 7) is 5.03. The molecule has 0 radical (unpaired) electrons. The van der Waals surface area contributed by atoms with E-state index in [1.807, 2.05) is 6.92 Å². The normalized spacial score (nSPS) is 22.0. The van der Waals surface area contributed by atoms with Gasteiger partial charge in [-0.25, -0.2) is 4.39 Å². The van der Waals surface area contributed by atoms with Gasteiger partial charge in [-0.05, 0) is 63.3 Å². The summed E-state index contributed by atoms with van der Waals surface area (Å²) in [6.07, 6.45) is 5.20. The SMILES string of the molecule is CCCNC1CCC(NC(=O)c2ccc(C)cc2F)CC1. The second-order valence-corrected chi connectivity index (χ2v) is 5.96. The summed E-state index contributed by atoms with van der Waals surface area (Å²) < 4.78 is 13.8. The summed E-state index contributed by atoms with van der Waals surface area (Å²) in [4.78, 5) is 12.1. The highest BCUT2D eigenvalue weighted by atomic mass is 19.1. The number of halogens is 1. The Kier molecular flexibility index (Phi) is 5.74. The molecule has 1 aliphatic rings. The van der Waals surface area contributed by atoms with Crippen LogP contribution >= 0.6 is 0 Å². The van der Waals surface area contributed by atoms with Crippen molar-refractivity contribution in [2.45, 2.75) is 58.0 Å². The number of aryl methyl sites for hydroxylation is 1. The number of amides is 1. The second-order valence-electron chi connectivity index (χ2n) is 5.96. The molecule has 116 valence electrons. The molecule has 1 saturated carbocycles. The van der Waals surface area contributed by atoms with Gasteiger partial charge < -0.3 is 10.6 Å². The first kappa shape index (κ1) is 16.0. The van der Waals surface area contributed by atoms with Crippen molar-refractivity contribution >= 4 is 5.91 Å². The van der Waals surface area contributed by atoms with Gasteiger partial charge in [-0.2, -0.15) is 0 Å². The highest BCUT2D eigenvalue weighted by Crippen LogP contribution is 2.19. The fourth-order valence-electron chi connectivity index (χ4n) is 2.86. The van der Waals surface area contributed by atoms with E-state index in [4.69, 9.17) is 0 Å². The van der Waals surface area contributed by atoms with Crippen molar-refractivity contribution in [2.75, 3.05) is 6.54 Å². The molecule has 0 spiro atoms. The van der Waals surface area contributed by atoms with Crippen LogP contribution in [-0.4, -0.2) is 24.5 Å². The summed E-state index contributed by atoms with van der Waals surface area (Å²) >= 11 is 0. The predicted octanol–water partition coefficient (Wildman–Crippen LogP) is 3.17. The number of hydrogen-bond donors (Lipinski definition) is 2. The third kappa shape index (κ3) is 4.53. The Hall–Kier alpha value is -1.42. The zero-order valence-electron chi connectivity index (χ0n) is 12.9. The molecule has 1 aliphatic carbocycles. The Morgan fingerprint density at radius 2 is 1.90 bits per heavy atom. The molecule has 0 aromatic heterocycles. The molecule has 0 unspecified atom stereocenters. The molecule has 2 N–H and O–H groups in total. The molecule has 0 bridgehead atoms. The van der Waals surface area contributed by atoms with Crippen LogP contribution < -0.4 is 10.6 Å². The topological polar surface area (TPSA) is 41.1 Å². The van der Waals surface area contributed by atoms with Crippen LogP contribution in [0.4, 0.5) is 4.39 Å². The van der Waals surface area contributed by atoms with E-state index >= 15 is 0 Å². The van der Waals surface area contributed by atoms with Gasteiger partial charge >= 0.3 is 0 Å². The zero-order chi connectivity index (χ0) is 15.2. The van der Waals surface area contributed by atoms with E-state index in [-0.39, 0.29) is 17.5 Å². The molecule has 0 aliphatic heterocycles. The third-order valence-corrected chi connectivity index (χ3v) is 4.11. The average Bonchev–Trinajstić information content (AvgIpc) is 2.46. The molecule has 3 nitrogen and oxygen atoms in total. The van der Waals surface area contributed by atoms with Crippen LogP contribution in [0.25, 0.3) is 0 Å². The molecule has 0 atom stereocenters. The van der Waals surface area contributed by atoms with Gasteiger partial charge in [0.1, 0.15) is 5.82 Å². The Morgan fingerprint density at radius 3 is 2.52 bits per heavy atom. The lowest BCUT2D eigenvalue weighted by molar-refractivity contribution is 0.0920. The fraction of sp³-hybridized carbons (Fsp3) is 0.588. The lowest BCUT2D eigenvalue weighted by Crippen LogP contribution is -2.42. The number of nitrogens with one attached hydrogen (secondary N) is 2. The molecular formula is C17H25FN2O. The Labute approximate surface area is 126 Å². The van der Waals surface area contributed by atoms with Gasteiger partial charge in [-0.1, -0.05) is 13.0 Å². The van der Waals surface area contributed by atoms with Gasteiger partial charge in [-0.15, -0.1) is 0 Å². The molecule has 21 heavy (non-hydrogen) atoms. The minimum atomic E-state index is -0.439. The number of hydrogen-bond acceptors (Lipinski definition) is 2. The van der Waals surface area contributed by atoms with Crippen molar-refractivity contribution in [1.82, 2.24) is 10.6 Å². The second kappa shape index (κ2) is 7.55. The van der Waals surface area contributed by atoms with Crippen LogP contribution in [0.3, 0.4) is 0 Å². The van der Waals surface area contributed by atoms with Crippen LogP contribution in [-0.2, 0) is 0 Å². The molecule has 1 aromatic carbocycles. The zero-order valence-corrected chi connectivity index (χ0v) is 12.9. The monoisotopic (exact) mass is 292 g/mol. The largest absolute Gasteiger partial charge is 0.349 e. The molecule has 1 fully saturated rings. The van der Waals surface area contributed by atoms with Crippen molar-refractivity contribution < 1.29 is 9.18 Å². The Morgan fingerprint density at radius 1 is 1.24 bits per heavy atom. The van der Waals surface area contributed by atoms with E-state index in [0.29, 0.717) is 6.04 Å². The maximum atomic E-state index is 13.8. The quantitative estimate of drug-likeness (QED) is 0.875. The molecule has 2 rings (SSSR count). The lowest BCUT2D eigenvalue weighted by atomic mass is 9.91. The maximum absolute atomic E-state index is 13.8. The van der Waals surface area contributed by atoms with Crippen molar-refractivity contribution in [3.63, 3.8) is 0 Å². The van der Waals surface area contributed by atoms with Crippen molar-refractivity contribution in [1.29, 1.82) is 0 Å². The maximum Gasteiger partial charge on any atom is 0.254 e. The summed E-state index contributed by atoms with van der Waals surface area (Å²) in [6, 6.07) is 5.46. The first-order valence-corrected chi connectivity index (χ1v) is 7.90. The van der Waals surface area contributed by atoms with Crippen LogP contribution in [0.1, 0.15) is 54.9 Å². The molecule has 1 aromatic rings. The predicted molar refractivity (Wildman–Crippen MR) is 82.9 cm³/mol. The van der Waals surface area contributed by atoms with Gasteiger partial charge in [0, 0.05) is 12.1 Å². The third-order valence-electron chi connectivity index (χ3n) is 4.11. The van der Waals surface area contributed by atoms with E-state index in [9.17, 15) is 9.18 Å². The number of carbonyl (C=O) groups is 1. The summed E-state index contributed by atoms with van der Waals surface area (Å²) in [5.41, 5.74) is 0.971. The molecular weight excluding hydrogens is 267 g/mol. The average molecular weight is 292 g/mol. The highest BCUT2D eigenvalue weighted by molar-refractivity contribution is 5.94. The molecule has 0 saturated heterocycles. The van der Waals surface area contributed by atoms with E-state index in [1.54, 1.807) is 12.1 Å². The van der Waals surface area contributed by atoms with Crippen LogP contribution in [0, 0.1) is 12.7 Å². The van der Waals surface area contributed by atoms with Crippen LogP contribution in [0.15, 0.2) is 18.2 Å². The van der Waals surface area contributed by atoms with Crippen molar-refractivity contribution in [3.05, 3.63) is 35.1 Å². The summed E-state index contributed by atoms with van der Waals surface area (Å²) in [5, 5.41) is 6.48. The number of carbonyl (C=O) groups excluding carboxylic acids is 1. The van der Waals surface area contributed by atoms with Gasteiger partial charge in [0.15, 0.2) is 0 Å². The molecule has 1 amide bonds. The van der Waals surface area contributed by atoms with Crippen molar-refractivity contribution in [3.8, 4) is 0 Å². The van der Waals surface area contributed by atoms with Gasteiger partial charge in [0.05, 0.1) is 5.56 Å². The van der Waals surface area contributed by atoms with Gasteiger partial charge in [0.2, 0.25) is 0 Å². The Bertz CT molecular complexity index is 482. The first-order valence-electron chi connectivity index (χ1n) is 7.90. The van der Waals surface area contributed by atoms with E-state index < -0.39 is 5.82 Å². The van der Waals surface area contributed by atoms with Gasteiger partial charge in [-0.3, -0.25) is 4.79 Å². The van der Waals surface area contributed by atoms with Gasteiger partial charge in [0.25, 0.3) is 5.91 Å². The summed E-state index contributed by atoms with van der Waals surface area (Å²) in [7, 11) is 0. The smallest absolute Gasteiger partial charge is 0.254 e. The van der Waals surface area contributed by atoms with E-state index in [1.165, 1.54) is 6.07 Å². The first-order chi connectivity index (χ1) is 10.1.